The molecule has 1 aliphatic carbocycles. The number of nitrogens with zero attached hydrogens (tertiary/aromatic N) is 1. The van der Waals surface area contributed by atoms with Gasteiger partial charge in [0.1, 0.15) is 5.82 Å². The first kappa shape index (κ1) is 14.9. The molecule has 1 aromatic heterocycles. The minimum absolute atomic E-state index is 0.0649. The van der Waals surface area contributed by atoms with E-state index in [1.54, 1.807) is 18.3 Å². The maximum atomic E-state index is 13.7. The highest BCUT2D eigenvalue weighted by molar-refractivity contribution is 6.05. The minimum Gasteiger partial charge on any atom is -0.396 e. The van der Waals surface area contributed by atoms with E-state index in [0.29, 0.717) is 17.4 Å². The van der Waals surface area contributed by atoms with Gasteiger partial charge >= 0.3 is 0 Å². The summed E-state index contributed by atoms with van der Waals surface area (Å²) in [5, 5.41) is 13.0. The third-order valence-electron chi connectivity index (χ3n) is 4.54. The summed E-state index contributed by atoms with van der Waals surface area (Å²) in [5.41, 5.74) is 0.499. The molecular formula is C17H19FN2O2. The number of amides is 1. The predicted octanol–water partition coefficient (Wildman–Crippen LogP) is 2.66. The summed E-state index contributed by atoms with van der Waals surface area (Å²) in [7, 11) is 0. The molecule has 1 saturated carbocycles. The molecular weight excluding hydrogens is 283 g/mol. The van der Waals surface area contributed by atoms with Gasteiger partial charge in [-0.15, -0.1) is 0 Å². The molecule has 1 aromatic carbocycles. The normalized spacial score (nSPS) is 16.8. The summed E-state index contributed by atoms with van der Waals surface area (Å²) in [6.07, 6.45) is 5.54. The van der Waals surface area contributed by atoms with Crippen molar-refractivity contribution in [2.45, 2.75) is 25.7 Å². The quantitative estimate of drug-likeness (QED) is 0.912. The number of carbonyl (C=O) groups excluding carboxylic acids is 1. The summed E-state index contributed by atoms with van der Waals surface area (Å²) in [4.78, 5) is 16.6. The van der Waals surface area contributed by atoms with E-state index in [9.17, 15) is 14.3 Å². The Morgan fingerprint density at radius 3 is 2.86 bits per heavy atom. The number of pyridine rings is 1. The van der Waals surface area contributed by atoms with Crippen molar-refractivity contribution in [2.24, 2.45) is 5.41 Å². The van der Waals surface area contributed by atoms with E-state index in [1.165, 1.54) is 12.1 Å². The highest BCUT2D eigenvalue weighted by atomic mass is 19.1. The molecule has 0 spiro atoms. The Hall–Kier alpha value is -2.01. The van der Waals surface area contributed by atoms with E-state index in [-0.39, 0.29) is 23.5 Å². The Morgan fingerprint density at radius 2 is 2.14 bits per heavy atom. The van der Waals surface area contributed by atoms with Crippen LogP contribution in [-0.4, -0.2) is 29.1 Å². The molecule has 4 nitrogen and oxygen atoms in total. The van der Waals surface area contributed by atoms with Crippen molar-refractivity contribution < 1.29 is 14.3 Å². The predicted molar refractivity (Wildman–Crippen MR) is 82.0 cm³/mol. The van der Waals surface area contributed by atoms with Crippen molar-refractivity contribution in [3.63, 3.8) is 0 Å². The van der Waals surface area contributed by atoms with Crippen molar-refractivity contribution in [1.82, 2.24) is 10.3 Å². The van der Waals surface area contributed by atoms with Crippen LogP contribution in [-0.2, 0) is 0 Å². The minimum atomic E-state index is -0.455. The summed E-state index contributed by atoms with van der Waals surface area (Å²) in [6.45, 7) is 0.475. The first-order valence-corrected chi connectivity index (χ1v) is 7.57. The van der Waals surface area contributed by atoms with Gasteiger partial charge in [-0.05, 0) is 31.0 Å². The lowest BCUT2D eigenvalue weighted by atomic mass is 9.87. The summed E-state index contributed by atoms with van der Waals surface area (Å²) >= 11 is 0. The first-order valence-electron chi connectivity index (χ1n) is 7.57. The van der Waals surface area contributed by atoms with Crippen LogP contribution in [0.4, 0.5) is 4.39 Å². The largest absolute Gasteiger partial charge is 0.396 e. The Bertz CT molecular complexity index is 696. The van der Waals surface area contributed by atoms with Crippen molar-refractivity contribution >= 4 is 16.8 Å². The van der Waals surface area contributed by atoms with Gasteiger partial charge in [0.2, 0.25) is 0 Å². The Kier molecular flexibility index (Phi) is 4.07. The van der Waals surface area contributed by atoms with Crippen LogP contribution in [0.3, 0.4) is 0 Å². The van der Waals surface area contributed by atoms with Crippen LogP contribution in [0.15, 0.2) is 30.5 Å². The number of nitrogens with one attached hydrogen (secondary N) is 1. The van der Waals surface area contributed by atoms with Crippen LogP contribution in [0.5, 0.6) is 0 Å². The fourth-order valence-electron chi connectivity index (χ4n) is 3.21. The zero-order valence-electron chi connectivity index (χ0n) is 12.3. The number of aromatic nitrogens is 1. The van der Waals surface area contributed by atoms with E-state index in [4.69, 9.17) is 0 Å². The highest BCUT2D eigenvalue weighted by Crippen LogP contribution is 2.37. The first-order chi connectivity index (χ1) is 10.6. The zero-order valence-corrected chi connectivity index (χ0v) is 12.3. The number of rotatable bonds is 4. The second-order valence-electron chi connectivity index (χ2n) is 6.08. The van der Waals surface area contributed by atoms with E-state index < -0.39 is 5.82 Å². The molecule has 0 unspecified atom stereocenters. The molecule has 5 heteroatoms. The van der Waals surface area contributed by atoms with Gasteiger partial charge in [-0.2, -0.15) is 0 Å². The molecule has 116 valence electrons. The summed E-state index contributed by atoms with van der Waals surface area (Å²) in [6, 6.07) is 6.02. The van der Waals surface area contributed by atoms with Gasteiger partial charge in [0, 0.05) is 23.5 Å². The van der Waals surface area contributed by atoms with Crippen molar-refractivity contribution in [3.8, 4) is 0 Å². The standard InChI is InChI=1S/C17H19FN2O2/c18-13-8-12-4-3-7-19-15(12)14(9-13)16(22)20-10-17(11-21)5-1-2-6-17/h3-4,7-9,21H,1-2,5-6,10-11H2,(H,20,22). The van der Waals surface area contributed by atoms with Gasteiger partial charge in [-0.1, -0.05) is 18.9 Å². The average molecular weight is 302 g/mol. The number of aliphatic hydroxyl groups excluding tert-OH is 1. The molecule has 2 N–H and O–H groups in total. The molecule has 2 aromatic rings. The van der Waals surface area contributed by atoms with E-state index in [1.807, 2.05) is 0 Å². The number of halogens is 1. The molecule has 1 aliphatic rings. The monoisotopic (exact) mass is 302 g/mol. The number of hydrogen-bond donors (Lipinski definition) is 2. The van der Waals surface area contributed by atoms with Gasteiger partial charge < -0.3 is 10.4 Å². The molecule has 1 fully saturated rings. The molecule has 3 rings (SSSR count). The third kappa shape index (κ3) is 2.81. The van der Waals surface area contributed by atoms with Crippen molar-refractivity contribution in [1.29, 1.82) is 0 Å². The van der Waals surface area contributed by atoms with E-state index >= 15 is 0 Å². The lowest BCUT2D eigenvalue weighted by molar-refractivity contribution is 0.0881. The molecule has 0 saturated heterocycles. The van der Waals surface area contributed by atoms with Crippen LogP contribution < -0.4 is 5.32 Å². The van der Waals surface area contributed by atoms with Gasteiger partial charge in [0.05, 0.1) is 17.7 Å². The van der Waals surface area contributed by atoms with Gasteiger partial charge in [-0.25, -0.2) is 4.39 Å². The number of fused-ring (bicyclic) bond motifs is 1. The molecule has 1 amide bonds. The van der Waals surface area contributed by atoms with E-state index in [0.717, 1.165) is 25.7 Å². The molecule has 0 bridgehead atoms. The molecule has 0 aliphatic heterocycles. The maximum absolute atomic E-state index is 13.7. The fourth-order valence-corrected chi connectivity index (χ4v) is 3.21. The number of benzene rings is 1. The topological polar surface area (TPSA) is 62.2 Å². The number of aliphatic hydroxyl groups is 1. The zero-order chi connectivity index (χ0) is 15.6. The SMILES string of the molecule is O=C(NCC1(CO)CCCC1)c1cc(F)cc2cccnc12. The molecule has 0 atom stereocenters. The van der Waals surface area contributed by atoms with Crippen LogP contribution in [0.1, 0.15) is 36.0 Å². The van der Waals surface area contributed by atoms with Crippen LogP contribution in [0.2, 0.25) is 0 Å². The Morgan fingerprint density at radius 1 is 1.36 bits per heavy atom. The smallest absolute Gasteiger partial charge is 0.253 e. The highest BCUT2D eigenvalue weighted by Gasteiger charge is 2.33. The van der Waals surface area contributed by atoms with Crippen molar-refractivity contribution in [2.75, 3.05) is 13.2 Å². The second-order valence-corrected chi connectivity index (χ2v) is 6.08. The van der Waals surface area contributed by atoms with Gasteiger partial charge in [0.25, 0.3) is 5.91 Å². The van der Waals surface area contributed by atoms with Crippen molar-refractivity contribution in [3.05, 3.63) is 41.8 Å². The Balaban J connectivity index is 1.83. The van der Waals surface area contributed by atoms with Crippen LogP contribution in [0, 0.1) is 11.2 Å². The molecule has 22 heavy (non-hydrogen) atoms. The second kappa shape index (κ2) is 6.01. The fraction of sp³-hybridized carbons (Fsp3) is 0.412. The number of carbonyl (C=O) groups is 1. The van der Waals surface area contributed by atoms with Crippen LogP contribution >= 0.6 is 0 Å². The summed E-state index contributed by atoms with van der Waals surface area (Å²) < 4.78 is 13.7. The average Bonchev–Trinajstić information content (AvgIpc) is 3.01. The van der Waals surface area contributed by atoms with Gasteiger partial charge in [0.15, 0.2) is 0 Å². The lowest BCUT2D eigenvalue weighted by Crippen LogP contribution is -2.38. The third-order valence-corrected chi connectivity index (χ3v) is 4.54. The molecule has 0 radical (unpaired) electrons. The lowest BCUT2D eigenvalue weighted by Gasteiger charge is -2.26. The van der Waals surface area contributed by atoms with E-state index in [2.05, 4.69) is 10.3 Å². The molecule has 1 heterocycles. The number of hydrogen-bond acceptors (Lipinski definition) is 3. The summed E-state index contributed by atoms with van der Waals surface area (Å²) in [5.74, 6) is -0.800. The van der Waals surface area contributed by atoms with Gasteiger partial charge in [-0.3, -0.25) is 9.78 Å². The maximum Gasteiger partial charge on any atom is 0.253 e. The van der Waals surface area contributed by atoms with Crippen LogP contribution in [0.25, 0.3) is 10.9 Å². The Labute approximate surface area is 128 Å².